The highest BCUT2D eigenvalue weighted by Gasteiger charge is 2.47. The Morgan fingerprint density at radius 2 is 1.60 bits per heavy atom. The van der Waals surface area contributed by atoms with E-state index in [1.807, 2.05) is 0 Å². The summed E-state index contributed by atoms with van der Waals surface area (Å²) in [7, 11) is 0. The van der Waals surface area contributed by atoms with Gasteiger partial charge in [-0.1, -0.05) is 6.92 Å². The van der Waals surface area contributed by atoms with Gasteiger partial charge in [0.1, 0.15) is 16.4 Å². The number of rotatable bonds is 5. The van der Waals surface area contributed by atoms with Gasteiger partial charge >= 0.3 is 29.6 Å². The first-order chi connectivity index (χ1) is 19.7. The summed E-state index contributed by atoms with van der Waals surface area (Å²) in [5, 5.41) is 20.7. The smallest absolute Gasteiger partial charge is 0.416 e. The number of thiazole rings is 1. The number of hydrogen-bond donors (Lipinski definition) is 2. The predicted octanol–water partition coefficient (Wildman–Crippen LogP) is 7.78. The average Bonchev–Trinajstić information content (AvgIpc) is 3.29. The van der Waals surface area contributed by atoms with Crippen molar-refractivity contribution in [3.8, 4) is 0 Å². The molecule has 0 unspecified atom stereocenters. The summed E-state index contributed by atoms with van der Waals surface area (Å²) in [6, 6.07) is 2.84. The van der Waals surface area contributed by atoms with Crippen molar-refractivity contribution >= 4 is 28.1 Å². The fourth-order valence-corrected chi connectivity index (χ4v) is 5.92. The number of fused-ring (bicyclic) bond motifs is 1. The molecule has 2 heterocycles. The molecular weight excluding hydrogens is 623 g/mol. The van der Waals surface area contributed by atoms with Gasteiger partial charge in [0, 0.05) is 12.3 Å². The van der Waals surface area contributed by atoms with Gasteiger partial charge in [-0.2, -0.15) is 39.5 Å². The number of alkyl halides is 9. The molecule has 0 saturated carbocycles. The Labute approximate surface area is 239 Å². The zero-order chi connectivity index (χ0) is 32.3. The second kappa shape index (κ2) is 10.7. The summed E-state index contributed by atoms with van der Waals surface area (Å²) in [4.78, 5) is 27.8. The Balaban J connectivity index is 1.89. The molecule has 3 N–H and O–H groups in total. The number of nitrogens with zero attached hydrogens (tertiary/aromatic N) is 3. The molecule has 1 aliphatic heterocycles. The van der Waals surface area contributed by atoms with Crippen molar-refractivity contribution in [3.05, 3.63) is 85.0 Å². The molecule has 2 atom stereocenters. The van der Waals surface area contributed by atoms with Crippen molar-refractivity contribution in [2.24, 2.45) is 5.73 Å². The fourth-order valence-electron chi connectivity index (χ4n) is 4.91. The van der Waals surface area contributed by atoms with Crippen molar-refractivity contribution in [2.75, 3.05) is 4.90 Å². The minimum Gasteiger partial charge on any atom is -0.465 e. The lowest BCUT2D eigenvalue weighted by atomic mass is 9.80. The zero-order valence-corrected chi connectivity index (χ0v) is 22.4. The summed E-state index contributed by atoms with van der Waals surface area (Å²) < 4.78 is 121. The predicted molar refractivity (Wildman–Crippen MR) is 134 cm³/mol. The molecule has 0 radical (unpaired) electrons. The second-order valence-corrected chi connectivity index (χ2v) is 10.8. The van der Waals surface area contributed by atoms with Gasteiger partial charge in [-0.15, -0.1) is 0 Å². The summed E-state index contributed by atoms with van der Waals surface area (Å²) in [5.74, 6) is -1.25. The Hall–Kier alpha value is -3.93. The van der Waals surface area contributed by atoms with E-state index < -0.39 is 86.9 Å². The number of nitrogens with two attached hydrogens (primary N) is 1. The Morgan fingerprint density at radius 1 is 1.05 bits per heavy atom. The molecule has 232 valence electrons. The Morgan fingerprint density at radius 3 is 2.07 bits per heavy atom. The quantitative estimate of drug-likeness (QED) is 0.167. The van der Waals surface area contributed by atoms with Gasteiger partial charge in [0.25, 0.3) is 0 Å². The second-order valence-electron chi connectivity index (χ2n) is 9.76. The third kappa shape index (κ3) is 6.24. The van der Waals surface area contributed by atoms with Crippen LogP contribution in [0.1, 0.15) is 64.2 Å². The van der Waals surface area contributed by atoms with E-state index in [0.717, 1.165) is 6.07 Å². The first-order valence-electron chi connectivity index (χ1n) is 12.1. The minimum atomic E-state index is -5.18. The van der Waals surface area contributed by atoms with E-state index in [-0.39, 0.29) is 28.7 Å². The maximum absolute atomic E-state index is 13.6. The van der Waals surface area contributed by atoms with E-state index in [1.165, 1.54) is 6.92 Å². The van der Waals surface area contributed by atoms with Crippen LogP contribution in [0.4, 0.5) is 55.0 Å². The molecule has 8 nitrogen and oxygen atoms in total. The molecule has 3 aromatic rings. The van der Waals surface area contributed by atoms with Crippen LogP contribution in [0, 0.1) is 10.1 Å². The summed E-state index contributed by atoms with van der Waals surface area (Å²) >= 11 is 0.353. The lowest BCUT2D eigenvalue weighted by molar-refractivity contribution is -0.381. The highest BCUT2D eigenvalue weighted by atomic mass is 32.1. The number of benzene rings is 2. The molecule has 0 saturated heterocycles. The van der Waals surface area contributed by atoms with Crippen LogP contribution in [-0.2, 0) is 24.9 Å². The van der Waals surface area contributed by atoms with Crippen molar-refractivity contribution < 1.29 is 54.3 Å². The molecule has 0 bridgehead atoms. The number of carboxylic acid groups (broad SMARTS) is 1. The van der Waals surface area contributed by atoms with E-state index in [2.05, 4.69) is 4.98 Å². The minimum absolute atomic E-state index is 0.0545. The Bertz CT molecular complexity index is 1550. The van der Waals surface area contributed by atoms with Crippen LogP contribution in [0.3, 0.4) is 0 Å². The number of aromatic nitrogens is 1. The average molecular weight is 643 g/mol. The molecule has 18 heteroatoms. The number of anilines is 1. The van der Waals surface area contributed by atoms with Gasteiger partial charge in [-0.3, -0.25) is 15.0 Å². The van der Waals surface area contributed by atoms with Crippen molar-refractivity contribution in [2.45, 2.75) is 56.3 Å². The van der Waals surface area contributed by atoms with Crippen LogP contribution in [0.15, 0.2) is 36.4 Å². The van der Waals surface area contributed by atoms with Gasteiger partial charge in [0.15, 0.2) is 0 Å². The third-order valence-corrected chi connectivity index (χ3v) is 8.12. The molecule has 43 heavy (non-hydrogen) atoms. The van der Waals surface area contributed by atoms with E-state index in [4.69, 9.17) is 5.73 Å². The van der Waals surface area contributed by atoms with Crippen LogP contribution in [0.2, 0.25) is 0 Å². The summed E-state index contributed by atoms with van der Waals surface area (Å²) in [6.45, 7) is 1.50. The van der Waals surface area contributed by atoms with E-state index in [9.17, 15) is 59.5 Å². The van der Waals surface area contributed by atoms with Crippen molar-refractivity contribution in [1.29, 1.82) is 0 Å². The third-order valence-electron chi connectivity index (χ3n) is 6.95. The van der Waals surface area contributed by atoms with E-state index in [0.29, 0.717) is 40.5 Å². The van der Waals surface area contributed by atoms with Crippen molar-refractivity contribution in [1.82, 2.24) is 4.98 Å². The van der Waals surface area contributed by atoms with Crippen LogP contribution >= 0.6 is 11.3 Å². The maximum Gasteiger partial charge on any atom is 0.416 e. The normalized spacial score (nSPS) is 19.3. The van der Waals surface area contributed by atoms with Crippen LogP contribution < -0.4 is 10.6 Å². The zero-order valence-electron chi connectivity index (χ0n) is 21.6. The summed E-state index contributed by atoms with van der Waals surface area (Å²) in [6.07, 6.45) is -18.1. The molecule has 1 aliphatic rings. The molecule has 2 aromatic carbocycles. The molecular formula is C25H19F9N4O4S. The van der Waals surface area contributed by atoms with Gasteiger partial charge in [-0.25, -0.2) is 9.78 Å². The first kappa shape index (κ1) is 32.0. The summed E-state index contributed by atoms with van der Waals surface area (Å²) in [5.41, 5.74) is -1.44. The SMILES string of the molecule is CC[C@]1(N)C[C@H](c2nc(Cc3cc(C(F)(F)F)cc(C(F)(F)F)c3)c([N+](=O)[O-])s2)c2cc(C(F)(F)F)ccc2N1C(=O)O. The molecule has 1 aromatic heterocycles. The van der Waals surface area contributed by atoms with Gasteiger partial charge in [0.2, 0.25) is 0 Å². The molecule has 0 spiro atoms. The van der Waals surface area contributed by atoms with Crippen molar-refractivity contribution in [3.63, 3.8) is 0 Å². The maximum atomic E-state index is 13.6. The first-order valence-corrected chi connectivity index (χ1v) is 12.9. The molecule has 0 fully saturated rings. The van der Waals surface area contributed by atoms with Crippen LogP contribution in [-0.4, -0.2) is 26.8 Å². The number of hydrogen-bond acceptors (Lipinski definition) is 6. The standard InChI is InChI=1S/C25H19F9N4O4S/c1-2-22(35)10-16(15-9-12(23(26,27)28)3-4-18(15)37(22)21(39)40)19-36-17(20(43-19)38(41)42)7-11-5-13(24(29,30)31)8-14(6-11)25(32,33)34/h3-6,8-9,16H,2,7,10,35H2,1H3,(H,39,40)/t16-,22+/m0/s1. The lowest BCUT2D eigenvalue weighted by Crippen LogP contribution is -2.61. The number of nitro groups is 1. The number of amides is 1. The largest absolute Gasteiger partial charge is 0.465 e. The number of carbonyl (C=O) groups is 1. The van der Waals surface area contributed by atoms with Crippen LogP contribution in [0.5, 0.6) is 0 Å². The van der Waals surface area contributed by atoms with Gasteiger partial charge < -0.3 is 10.8 Å². The van der Waals surface area contributed by atoms with Gasteiger partial charge in [0.05, 0.1) is 27.3 Å². The van der Waals surface area contributed by atoms with Crippen LogP contribution in [0.25, 0.3) is 0 Å². The number of halogens is 9. The molecule has 1 amide bonds. The molecule has 0 aliphatic carbocycles. The fraction of sp³-hybridized carbons (Fsp3) is 0.360. The topological polar surface area (TPSA) is 123 Å². The highest BCUT2D eigenvalue weighted by Crippen LogP contribution is 2.50. The highest BCUT2D eigenvalue weighted by molar-refractivity contribution is 7.15. The van der Waals surface area contributed by atoms with Gasteiger partial charge in [-0.05, 0) is 71.7 Å². The Kier molecular flexibility index (Phi) is 7.93. The van der Waals surface area contributed by atoms with E-state index >= 15 is 0 Å². The molecule has 4 rings (SSSR count). The lowest BCUT2D eigenvalue weighted by Gasteiger charge is -2.46. The van der Waals surface area contributed by atoms with E-state index in [1.54, 1.807) is 0 Å². The monoisotopic (exact) mass is 642 g/mol.